The summed E-state index contributed by atoms with van der Waals surface area (Å²) in [7, 11) is 0. The van der Waals surface area contributed by atoms with Crippen LogP contribution in [0.3, 0.4) is 0 Å². The lowest BCUT2D eigenvalue weighted by atomic mass is 9.97. The topological polar surface area (TPSA) is 84.7 Å². The Bertz CT molecular complexity index is 647. The number of hydrogen-bond acceptors (Lipinski definition) is 4. The molecular formula is C21H31N3O3. The summed E-state index contributed by atoms with van der Waals surface area (Å²) in [6, 6.07) is 7.50. The van der Waals surface area contributed by atoms with E-state index in [0.29, 0.717) is 23.8 Å². The standard InChI is InChI=1S/C21H31N3O3/c1-14-4-3-5-15(2)24(14)20(25)13-27-18-10-8-17(9-11-18)21(26)23-19(12-22)16-6-7-16/h8-11,14-16,19H,3-7,12-13,22H2,1-2H3,(H,23,26). The number of amides is 2. The zero-order chi connectivity index (χ0) is 19.4. The van der Waals surface area contributed by atoms with Gasteiger partial charge in [-0.3, -0.25) is 9.59 Å². The quantitative estimate of drug-likeness (QED) is 0.768. The van der Waals surface area contributed by atoms with E-state index < -0.39 is 0 Å². The Morgan fingerprint density at radius 3 is 2.33 bits per heavy atom. The van der Waals surface area contributed by atoms with Crippen molar-refractivity contribution in [1.82, 2.24) is 10.2 Å². The van der Waals surface area contributed by atoms with E-state index in [2.05, 4.69) is 19.2 Å². The highest BCUT2D eigenvalue weighted by Gasteiger charge is 2.31. The Labute approximate surface area is 161 Å². The fourth-order valence-corrected chi connectivity index (χ4v) is 3.95. The van der Waals surface area contributed by atoms with E-state index >= 15 is 0 Å². The van der Waals surface area contributed by atoms with Gasteiger partial charge in [0.05, 0.1) is 0 Å². The summed E-state index contributed by atoms with van der Waals surface area (Å²) in [5, 5.41) is 3.00. The molecule has 0 radical (unpaired) electrons. The first kappa shape index (κ1) is 19.7. The third kappa shape index (κ3) is 5.01. The SMILES string of the molecule is CC1CCCC(C)N1C(=O)COc1ccc(C(=O)NC(CN)C2CC2)cc1. The van der Waals surface area contributed by atoms with Crippen LogP contribution in [-0.2, 0) is 4.79 Å². The van der Waals surface area contributed by atoms with Crippen LogP contribution in [0.2, 0.25) is 0 Å². The number of piperidine rings is 1. The minimum absolute atomic E-state index is 0.0201. The molecule has 6 nitrogen and oxygen atoms in total. The van der Waals surface area contributed by atoms with Crippen LogP contribution in [0.25, 0.3) is 0 Å². The van der Waals surface area contributed by atoms with Gasteiger partial charge in [-0.05, 0) is 76.1 Å². The second-order valence-electron chi connectivity index (χ2n) is 7.90. The first-order chi connectivity index (χ1) is 13.0. The number of nitrogens with two attached hydrogens (primary N) is 1. The molecule has 6 heteroatoms. The summed E-state index contributed by atoms with van der Waals surface area (Å²) in [6.07, 6.45) is 5.53. The zero-order valence-corrected chi connectivity index (χ0v) is 16.3. The van der Waals surface area contributed by atoms with Gasteiger partial charge in [0.15, 0.2) is 6.61 Å². The lowest BCUT2D eigenvalue weighted by molar-refractivity contribution is -0.139. The number of carbonyl (C=O) groups excluding carboxylic acids is 2. The lowest BCUT2D eigenvalue weighted by Gasteiger charge is -2.38. The maximum atomic E-state index is 12.5. The fourth-order valence-electron chi connectivity index (χ4n) is 3.95. The first-order valence-corrected chi connectivity index (χ1v) is 10.0. The second kappa shape index (κ2) is 8.74. The van der Waals surface area contributed by atoms with E-state index in [1.54, 1.807) is 24.3 Å². The van der Waals surface area contributed by atoms with Crippen LogP contribution in [0.4, 0.5) is 0 Å². The maximum Gasteiger partial charge on any atom is 0.260 e. The molecule has 1 heterocycles. The molecule has 1 saturated carbocycles. The number of hydrogen-bond donors (Lipinski definition) is 2. The highest BCUT2D eigenvalue weighted by molar-refractivity contribution is 5.94. The smallest absolute Gasteiger partial charge is 0.260 e. The molecule has 27 heavy (non-hydrogen) atoms. The van der Waals surface area contributed by atoms with E-state index in [4.69, 9.17) is 10.5 Å². The molecule has 3 N–H and O–H groups in total. The molecule has 1 aromatic rings. The van der Waals surface area contributed by atoms with Gasteiger partial charge in [0.2, 0.25) is 0 Å². The zero-order valence-electron chi connectivity index (χ0n) is 16.3. The predicted molar refractivity (Wildman–Crippen MR) is 105 cm³/mol. The van der Waals surface area contributed by atoms with Gasteiger partial charge in [0.1, 0.15) is 5.75 Å². The van der Waals surface area contributed by atoms with E-state index in [1.165, 1.54) is 6.42 Å². The number of nitrogens with zero attached hydrogens (tertiary/aromatic N) is 1. The average molecular weight is 373 g/mol. The van der Waals surface area contributed by atoms with Crippen molar-refractivity contribution in [3.8, 4) is 5.75 Å². The van der Waals surface area contributed by atoms with Crippen molar-refractivity contribution in [3.63, 3.8) is 0 Å². The summed E-state index contributed by atoms with van der Waals surface area (Å²) < 4.78 is 5.66. The molecule has 0 spiro atoms. The van der Waals surface area contributed by atoms with Gasteiger partial charge in [-0.15, -0.1) is 0 Å². The summed E-state index contributed by atoms with van der Waals surface area (Å²) in [5.41, 5.74) is 6.32. The van der Waals surface area contributed by atoms with Crippen LogP contribution in [0.5, 0.6) is 5.75 Å². The molecule has 1 aliphatic carbocycles. The van der Waals surface area contributed by atoms with Crippen LogP contribution in [0, 0.1) is 5.92 Å². The van der Waals surface area contributed by atoms with Gasteiger partial charge < -0.3 is 20.7 Å². The Balaban J connectivity index is 1.51. The number of carbonyl (C=O) groups is 2. The van der Waals surface area contributed by atoms with Crippen molar-refractivity contribution >= 4 is 11.8 Å². The van der Waals surface area contributed by atoms with Crippen molar-refractivity contribution in [1.29, 1.82) is 0 Å². The molecule has 1 aliphatic heterocycles. The van der Waals surface area contributed by atoms with Gasteiger partial charge in [-0.1, -0.05) is 0 Å². The molecule has 1 saturated heterocycles. The summed E-state index contributed by atoms with van der Waals surface area (Å²) in [6.45, 7) is 4.68. The summed E-state index contributed by atoms with van der Waals surface area (Å²) >= 11 is 0. The molecule has 3 unspecified atom stereocenters. The number of benzene rings is 1. The van der Waals surface area contributed by atoms with Gasteiger partial charge in [-0.2, -0.15) is 0 Å². The lowest BCUT2D eigenvalue weighted by Crippen LogP contribution is -2.49. The Morgan fingerprint density at radius 2 is 1.78 bits per heavy atom. The Kier molecular flexibility index (Phi) is 6.37. The number of rotatable bonds is 7. The van der Waals surface area contributed by atoms with Gasteiger partial charge in [-0.25, -0.2) is 0 Å². The number of ether oxygens (including phenoxy) is 1. The third-order valence-corrected chi connectivity index (χ3v) is 5.72. The molecule has 2 amide bonds. The van der Waals surface area contributed by atoms with Gasteiger partial charge in [0, 0.05) is 30.2 Å². The van der Waals surface area contributed by atoms with E-state index in [-0.39, 0.29) is 36.5 Å². The maximum absolute atomic E-state index is 12.5. The van der Waals surface area contributed by atoms with Crippen LogP contribution in [-0.4, -0.2) is 48.0 Å². The predicted octanol–water partition coefficient (Wildman–Crippen LogP) is 2.32. The summed E-state index contributed by atoms with van der Waals surface area (Å²) in [4.78, 5) is 26.8. The van der Waals surface area contributed by atoms with Crippen LogP contribution >= 0.6 is 0 Å². The first-order valence-electron chi connectivity index (χ1n) is 10.0. The Hall–Kier alpha value is -2.08. The molecule has 1 aromatic carbocycles. The van der Waals surface area contributed by atoms with Crippen LogP contribution < -0.4 is 15.8 Å². The van der Waals surface area contributed by atoms with E-state index in [1.807, 2.05) is 4.90 Å². The number of nitrogens with one attached hydrogen (secondary N) is 1. The monoisotopic (exact) mass is 373 g/mol. The minimum Gasteiger partial charge on any atom is -0.484 e. The van der Waals surface area contributed by atoms with Crippen molar-refractivity contribution in [2.24, 2.45) is 11.7 Å². The van der Waals surface area contributed by atoms with Crippen molar-refractivity contribution in [3.05, 3.63) is 29.8 Å². The van der Waals surface area contributed by atoms with Crippen molar-refractivity contribution < 1.29 is 14.3 Å². The highest BCUT2D eigenvalue weighted by Crippen LogP contribution is 2.32. The molecule has 148 valence electrons. The molecule has 0 bridgehead atoms. The molecule has 0 aromatic heterocycles. The highest BCUT2D eigenvalue weighted by atomic mass is 16.5. The third-order valence-electron chi connectivity index (χ3n) is 5.72. The molecule has 3 rings (SSSR count). The Morgan fingerprint density at radius 1 is 1.15 bits per heavy atom. The molecule has 2 fully saturated rings. The van der Waals surface area contributed by atoms with Crippen LogP contribution in [0.15, 0.2) is 24.3 Å². The second-order valence-corrected chi connectivity index (χ2v) is 7.90. The van der Waals surface area contributed by atoms with Crippen molar-refractivity contribution in [2.75, 3.05) is 13.2 Å². The molecule has 3 atom stereocenters. The summed E-state index contributed by atoms with van der Waals surface area (Å²) in [5.74, 6) is 1.02. The van der Waals surface area contributed by atoms with E-state index in [9.17, 15) is 9.59 Å². The molecule has 2 aliphatic rings. The van der Waals surface area contributed by atoms with Gasteiger partial charge in [0.25, 0.3) is 11.8 Å². The van der Waals surface area contributed by atoms with Gasteiger partial charge >= 0.3 is 0 Å². The van der Waals surface area contributed by atoms with E-state index in [0.717, 1.165) is 25.7 Å². The average Bonchev–Trinajstić information content (AvgIpc) is 3.49. The largest absolute Gasteiger partial charge is 0.484 e. The van der Waals surface area contributed by atoms with Crippen molar-refractivity contribution in [2.45, 2.75) is 64.1 Å². The van der Waals surface area contributed by atoms with Crippen LogP contribution in [0.1, 0.15) is 56.3 Å². The normalized spacial score (nSPS) is 23.6. The minimum atomic E-state index is -0.115. The molecular weight excluding hydrogens is 342 g/mol. The number of likely N-dealkylation sites (tertiary alicyclic amines) is 1. The fraction of sp³-hybridized carbons (Fsp3) is 0.619.